The smallest absolute Gasteiger partial charge is 0.243 e. The fourth-order valence-corrected chi connectivity index (χ4v) is 5.71. The van der Waals surface area contributed by atoms with Crippen molar-refractivity contribution < 1.29 is 22.4 Å². The van der Waals surface area contributed by atoms with Crippen molar-refractivity contribution in [1.29, 1.82) is 0 Å². The summed E-state index contributed by atoms with van der Waals surface area (Å²) in [4.78, 5) is 28.9. The van der Waals surface area contributed by atoms with E-state index in [1.54, 1.807) is 11.0 Å². The van der Waals surface area contributed by atoms with Crippen LogP contribution in [0, 0.1) is 5.82 Å². The molecule has 7 nitrogen and oxygen atoms in total. The van der Waals surface area contributed by atoms with E-state index in [1.165, 1.54) is 18.2 Å². The Balaban J connectivity index is 1.87. The van der Waals surface area contributed by atoms with Crippen LogP contribution < -0.4 is 9.62 Å². The van der Waals surface area contributed by atoms with Gasteiger partial charge in [-0.2, -0.15) is 0 Å². The molecule has 3 aromatic carbocycles. The van der Waals surface area contributed by atoms with Crippen molar-refractivity contribution in [3.05, 3.63) is 100 Å². The number of carbonyl (C=O) groups excluding carboxylic acids is 2. The number of benzene rings is 3. The first-order valence-electron chi connectivity index (χ1n) is 13.7. The van der Waals surface area contributed by atoms with Gasteiger partial charge in [-0.3, -0.25) is 13.9 Å². The second-order valence-corrected chi connectivity index (χ2v) is 12.7. The van der Waals surface area contributed by atoms with E-state index in [0.29, 0.717) is 13.0 Å². The number of nitrogens with zero attached hydrogens (tertiary/aromatic N) is 2. The van der Waals surface area contributed by atoms with Crippen LogP contribution in [0.15, 0.2) is 83.3 Å². The topological polar surface area (TPSA) is 86.8 Å². The molecule has 0 aliphatic heterocycles. The molecule has 3 aromatic rings. The fourth-order valence-electron chi connectivity index (χ4n) is 4.48. The van der Waals surface area contributed by atoms with Gasteiger partial charge in [0.2, 0.25) is 21.8 Å². The highest BCUT2D eigenvalue weighted by atomic mass is 79.9. The lowest BCUT2D eigenvalue weighted by molar-refractivity contribution is -0.141. The Hall–Kier alpha value is -3.24. The first-order chi connectivity index (χ1) is 19.6. The highest BCUT2D eigenvalue weighted by Gasteiger charge is 2.30. The highest BCUT2D eigenvalue weighted by Crippen LogP contribution is 2.23. The van der Waals surface area contributed by atoms with Crippen LogP contribution in [0.1, 0.15) is 43.7 Å². The summed E-state index contributed by atoms with van der Waals surface area (Å²) in [6, 6.07) is 21.9. The molecule has 0 radical (unpaired) electrons. The van der Waals surface area contributed by atoms with Gasteiger partial charge in [0.15, 0.2) is 0 Å². The van der Waals surface area contributed by atoms with Crippen LogP contribution in [-0.2, 0) is 32.6 Å². The van der Waals surface area contributed by atoms with Gasteiger partial charge in [0.25, 0.3) is 0 Å². The minimum Gasteiger partial charge on any atom is -0.354 e. The summed E-state index contributed by atoms with van der Waals surface area (Å²) in [6.45, 7) is 2.67. The Morgan fingerprint density at radius 3 is 2.22 bits per heavy atom. The maximum absolute atomic E-state index is 14.5. The number of unbranched alkanes of at least 4 members (excludes halogenated alkanes) is 1. The first-order valence-corrected chi connectivity index (χ1v) is 16.3. The summed E-state index contributed by atoms with van der Waals surface area (Å²) in [7, 11) is -3.79. The number of sulfonamides is 1. The molecule has 41 heavy (non-hydrogen) atoms. The summed E-state index contributed by atoms with van der Waals surface area (Å²) in [6.07, 6.45) is 3.20. The standard InChI is InChI=1S/C31H37BrFN3O4S/c1-3-4-20-34-31(38)29(22-24-11-6-5-7-12-24)35(23-25-16-18-26(32)19-17-25)30(37)15-10-21-36(41(2,39)40)28-14-9-8-13-27(28)33/h5-9,11-14,16-19,29H,3-4,10,15,20-23H2,1-2H3,(H,34,38)/t29-/m0/s1. The third kappa shape index (κ3) is 9.97. The van der Waals surface area contributed by atoms with Gasteiger partial charge in [0.1, 0.15) is 11.9 Å². The van der Waals surface area contributed by atoms with E-state index >= 15 is 0 Å². The predicted molar refractivity (Wildman–Crippen MR) is 164 cm³/mol. The summed E-state index contributed by atoms with van der Waals surface area (Å²) < 4.78 is 41.3. The van der Waals surface area contributed by atoms with Gasteiger partial charge < -0.3 is 10.2 Å². The number of hydrogen-bond acceptors (Lipinski definition) is 4. The average Bonchev–Trinajstić information content (AvgIpc) is 2.94. The number of carbonyl (C=O) groups is 2. The van der Waals surface area contributed by atoms with Gasteiger partial charge in [-0.05, 0) is 48.2 Å². The van der Waals surface area contributed by atoms with E-state index in [1.807, 2.05) is 61.5 Å². The van der Waals surface area contributed by atoms with Crippen LogP contribution in [0.2, 0.25) is 0 Å². The zero-order valence-electron chi connectivity index (χ0n) is 23.4. The molecule has 1 atom stereocenters. The van der Waals surface area contributed by atoms with Gasteiger partial charge in [-0.25, -0.2) is 12.8 Å². The number of anilines is 1. The lowest BCUT2D eigenvalue weighted by Gasteiger charge is -2.32. The molecule has 10 heteroatoms. The van der Waals surface area contributed by atoms with E-state index in [2.05, 4.69) is 21.2 Å². The normalized spacial score (nSPS) is 12.0. The van der Waals surface area contributed by atoms with Gasteiger partial charge in [0.05, 0.1) is 11.9 Å². The number of para-hydroxylation sites is 1. The largest absolute Gasteiger partial charge is 0.354 e. The van der Waals surface area contributed by atoms with Crippen molar-refractivity contribution in [1.82, 2.24) is 10.2 Å². The number of hydrogen-bond donors (Lipinski definition) is 1. The second kappa shape index (κ2) is 15.7. The Kier molecular flexibility index (Phi) is 12.3. The van der Waals surface area contributed by atoms with E-state index in [-0.39, 0.29) is 43.4 Å². The Morgan fingerprint density at radius 2 is 1.59 bits per heavy atom. The minimum absolute atomic E-state index is 0.0233. The Morgan fingerprint density at radius 1 is 0.927 bits per heavy atom. The maximum Gasteiger partial charge on any atom is 0.243 e. The summed E-state index contributed by atoms with van der Waals surface area (Å²) in [5.41, 5.74) is 1.70. The van der Waals surface area contributed by atoms with Crippen LogP contribution in [-0.4, -0.2) is 50.5 Å². The van der Waals surface area contributed by atoms with Crippen molar-refractivity contribution in [2.45, 2.75) is 51.6 Å². The van der Waals surface area contributed by atoms with E-state index < -0.39 is 21.9 Å². The molecule has 0 bridgehead atoms. The zero-order valence-corrected chi connectivity index (χ0v) is 25.8. The first kappa shape index (κ1) is 32.3. The number of rotatable bonds is 15. The van der Waals surface area contributed by atoms with E-state index in [9.17, 15) is 22.4 Å². The molecular weight excluding hydrogens is 609 g/mol. The number of amides is 2. The van der Waals surface area contributed by atoms with Gasteiger partial charge in [-0.1, -0.05) is 83.9 Å². The maximum atomic E-state index is 14.5. The molecule has 0 heterocycles. The molecule has 0 spiro atoms. The molecule has 3 rings (SSSR count). The average molecular weight is 647 g/mol. The van der Waals surface area contributed by atoms with Gasteiger partial charge >= 0.3 is 0 Å². The Labute approximate surface area is 250 Å². The Bertz CT molecular complexity index is 1390. The molecule has 0 unspecified atom stereocenters. The second-order valence-electron chi connectivity index (χ2n) is 9.89. The fraction of sp³-hybridized carbons (Fsp3) is 0.355. The van der Waals surface area contributed by atoms with Gasteiger partial charge in [-0.15, -0.1) is 0 Å². The van der Waals surface area contributed by atoms with Crippen LogP contribution in [0.25, 0.3) is 0 Å². The number of nitrogens with one attached hydrogen (secondary N) is 1. The van der Waals surface area contributed by atoms with Crippen LogP contribution >= 0.6 is 15.9 Å². The van der Waals surface area contributed by atoms with E-state index in [4.69, 9.17) is 0 Å². The van der Waals surface area contributed by atoms with Crippen molar-refractivity contribution in [2.75, 3.05) is 23.7 Å². The van der Waals surface area contributed by atoms with E-state index in [0.717, 1.165) is 39.0 Å². The molecular formula is C31H37BrFN3O4S. The lowest BCUT2D eigenvalue weighted by atomic mass is 10.0. The lowest BCUT2D eigenvalue weighted by Crippen LogP contribution is -2.50. The van der Waals surface area contributed by atoms with Crippen LogP contribution in [0.5, 0.6) is 0 Å². The van der Waals surface area contributed by atoms with Crippen molar-refractivity contribution in [2.24, 2.45) is 0 Å². The van der Waals surface area contributed by atoms with Crippen molar-refractivity contribution in [3.8, 4) is 0 Å². The minimum atomic E-state index is -3.79. The quantitative estimate of drug-likeness (QED) is 0.215. The molecule has 0 aliphatic rings. The third-order valence-electron chi connectivity index (χ3n) is 6.64. The molecule has 1 N–H and O–H groups in total. The van der Waals surface area contributed by atoms with Crippen molar-refractivity contribution in [3.63, 3.8) is 0 Å². The predicted octanol–water partition coefficient (Wildman–Crippen LogP) is 5.69. The highest BCUT2D eigenvalue weighted by molar-refractivity contribution is 9.10. The monoisotopic (exact) mass is 645 g/mol. The molecule has 2 amide bonds. The molecule has 0 saturated carbocycles. The zero-order chi connectivity index (χ0) is 29.8. The molecule has 220 valence electrons. The molecule has 0 aromatic heterocycles. The summed E-state index contributed by atoms with van der Waals surface area (Å²) in [5.74, 6) is -1.19. The summed E-state index contributed by atoms with van der Waals surface area (Å²) in [5, 5.41) is 2.99. The number of halogens is 2. The third-order valence-corrected chi connectivity index (χ3v) is 8.35. The van der Waals surface area contributed by atoms with Gasteiger partial charge in [0, 0.05) is 36.9 Å². The van der Waals surface area contributed by atoms with Crippen LogP contribution in [0.3, 0.4) is 0 Å². The van der Waals surface area contributed by atoms with Crippen molar-refractivity contribution >= 4 is 43.5 Å². The molecule has 0 fully saturated rings. The molecule has 0 aliphatic carbocycles. The summed E-state index contributed by atoms with van der Waals surface area (Å²) >= 11 is 3.44. The SMILES string of the molecule is CCCCNC(=O)[C@H](Cc1ccccc1)N(Cc1ccc(Br)cc1)C(=O)CCCN(c1ccccc1F)S(C)(=O)=O. The molecule has 0 saturated heterocycles. The van der Waals surface area contributed by atoms with Crippen LogP contribution in [0.4, 0.5) is 10.1 Å².